The van der Waals surface area contributed by atoms with Crippen molar-refractivity contribution in [2.45, 2.75) is 18.7 Å². The number of nitrogens with one attached hydrogen (secondary N) is 3. The van der Waals surface area contributed by atoms with Gasteiger partial charge in [-0.3, -0.25) is 9.89 Å². The van der Waals surface area contributed by atoms with E-state index in [4.69, 9.17) is 11.6 Å². The molecule has 0 atom stereocenters. The third-order valence-corrected chi connectivity index (χ3v) is 5.26. The number of rotatable bonds is 6. The van der Waals surface area contributed by atoms with Crippen molar-refractivity contribution < 1.29 is 17.6 Å². The lowest BCUT2D eigenvalue weighted by atomic mass is 10.2. The number of amides is 1. The maximum absolute atomic E-state index is 13.6. The number of sulfonamides is 1. The highest BCUT2D eigenvalue weighted by molar-refractivity contribution is 7.89. The first-order valence-corrected chi connectivity index (χ1v) is 8.83. The molecule has 1 heterocycles. The summed E-state index contributed by atoms with van der Waals surface area (Å²) in [7, 11) is -3.75. The lowest BCUT2D eigenvalue weighted by molar-refractivity contribution is 0.0950. The Morgan fingerprint density at radius 3 is 2.62 bits per heavy atom. The molecule has 1 aromatic carbocycles. The quantitative estimate of drug-likeness (QED) is 0.667. The molecular formula is C14H16ClFN4O3S. The minimum absolute atomic E-state index is 0.0160. The van der Waals surface area contributed by atoms with Crippen LogP contribution in [0.2, 0.25) is 5.02 Å². The lowest BCUT2D eigenvalue weighted by Crippen LogP contribution is -2.35. The zero-order chi connectivity index (χ0) is 17.9. The van der Waals surface area contributed by atoms with Gasteiger partial charge in [0.1, 0.15) is 10.7 Å². The van der Waals surface area contributed by atoms with E-state index in [0.29, 0.717) is 11.4 Å². The van der Waals surface area contributed by atoms with Gasteiger partial charge in [0.05, 0.1) is 22.0 Å². The Balaban J connectivity index is 1.95. The number of halogens is 2. The fraction of sp³-hybridized carbons (Fsp3) is 0.286. The Hall–Kier alpha value is -1.97. The molecule has 0 saturated carbocycles. The molecule has 7 nitrogen and oxygen atoms in total. The first kappa shape index (κ1) is 18.4. The summed E-state index contributed by atoms with van der Waals surface area (Å²) in [4.78, 5) is 12.0. The normalized spacial score (nSPS) is 11.5. The molecule has 0 radical (unpaired) electrons. The predicted octanol–water partition coefficient (Wildman–Crippen LogP) is 1.53. The number of hydrogen-bond acceptors (Lipinski definition) is 4. The van der Waals surface area contributed by atoms with Crippen molar-refractivity contribution in [2.24, 2.45) is 0 Å². The van der Waals surface area contributed by atoms with Crippen LogP contribution >= 0.6 is 11.6 Å². The predicted molar refractivity (Wildman–Crippen MR) is 87.0 cm³/mol. The van der Waals surface area contributed by atoms with Crippen molar-refractivity contribution in [1.29, 1.82) is 0 Å². The molecule has 0 saturated heterocycles. The second-order valence-electron chi connectivity index (χ2n) is 5.01. The van der Waals surface area contributed by atoms with Crippen LogP contribution in [0.25, 0.3) is 0 Å². The van der Waals surface area contributed by atoms with Crippen molar-refractivity contribution in [1.82, 2.24) is 20.2 Å². The van der Waals surface area contributed by atoms with Crippen molar-refractivity contribution in [3.8, 4) is 0 Å². The summed E-state index contributed by atoms with van der Waals surface area (Å²) in [5.41, 5.74) is 0.493. The van der Waals surface area contributed by atoms with E-state index < -0.39 is 21.7 Å². The third kappa shape index (κ3) is 3.92. The van der Waals surface area contributed by atoms with E-state index in [-0.39, 0.29) is 28.6 Å². The number of carbonyl (C=O) groups excluding carboxylic acids is 1. The van der Waals surface area contributed by atoms with Crippen LogP contribution in [-0.2, 0) is 10.0 Å². The summed E-state index contributed by atoms with van der Waals surface area (Å²) < 4.78 is 40.3. The maximum Gasteiger partial charge on any atom is 0.255 e. The van der Waals surface area contributed by atoms with Crippen LogP contribution in [0, 0.1) is 19.7 Å². The summed E-state index contributed by atoms with van der Waals surface area (Å²) >= 11 is 5.79. The number of aryl methyl sites for hydroxylation is 2. The monoisotopic (exact) mass is 374 g/mol. The van der Waals surface area contributed by atoms with E-state index in [1.807, 2.05) is 0 Å². The highest BCUT2D eigenvalue weighted by Crippen LogP contribution is 2.18. The molecule has 0 fully saturated rings. The zero-order valence-corrected chi connectivity index (χ0v) is 14.6. The average Bonchev–Trinajstić information content (AvgIpc) is 2.83. The van der Waals surface area contributed by atoms with Crippen LogP contribution in [0.1, 0.15) is 21.7 Å². The van der Waals surface area contributed by atoms with E-state index in [1.165, 1.54) is 12.1 Å². The minimum Gasteiger partial charge on any atom is -0.351 e. The Labute approximate surface area is 143 Å². The second kappa shape index (κ2) is 7.29. The van der Waals surface area contributed by atoms with Crippen molar-refractivity contribution in [2.75, 3.05) is 13.1 Å². The van der Waals surface area contributed by atoms with Crippen LogP contribution < -0.4 is 10.0 Å². The van der Waals surface area contributed by atoms with Gasteiger partial charge in [0.2, 0.25) is 10.0 Å². The van der Waals surface area contributed by atoms with Gasteiger partial charge >= 0.3 is 0 Å². The number of carbonyl (C=O) groups is 1. The third-order valence-electron chi connectivity index (χ3n) is 3.22. The number of nitrogens with zero attached hydrogens (tertiary/aromatic N) is 1. The number of benzene rings is 1. The summed E-state index contributed by atoms with van der Waals surface area (Å²) in [5.74, 6) is -1.46. The van der Waals surface area contributed by atoms with Gasteiger partial charge in [-0.1, -0.05) is 17.7 Å². The molecule has 0 aliphatic carbocycles. The SMILES string of the molecule is Cc1n[nH]c(C)c1S(=O)(=O)NCCNC(=O)c1c(F)cccc1Cl. The largest absolute Gasteiger partial charge is 0.351 e. The van der Waals surface area contributed by atoms with Crippen molar-refractivity contribution in [3.05, 3.63) is 46.0 Å². The van der Waals surface area contributed by atoms with Gasteiger partial charge in [-0.05, 0) is 26.0 Å². The topological polar surface area (TPSA) is 104 Å². The van der Waals surface area contributed by atoms with Gasteiger partial charge in [-0.15, -0.1) is 0 Å². The van der Waals surface area contributed by atoms with Gasteiger partial charge in [0, 0.05) is 13.1 Å². The van der Waals surface area contributed by atoms with Gasteiger partial charge in [-0.25, -0.2) is 17.5 Å². The molecule has 130 valence electrons. The molecule has 3 N–H and O–H groups in total. The van der Waals surface area contributed by atoms with Gasteiger partial charge in [-0.2, -0.15) is 5.10 Å². The molecular weight excluding hydrogens is 359 g/mol. The highest BCUT2D eigenvalue weighted by atomic mass is 35.5. The van der Waals surface area contributed by atoms with E-state index in [9.17, 15) is 17.6 Å². The van der Waals surface area contributed by atoms with Gasteiger partial charge in [0.25, 0.3) is 5.91 Å². The molecule has 2 aromatic rings. The average molecular weight is 375 g/mol. The van der Waals surface area contributed by atoms with Crippen molar-refractivity contribution in [3.63, 3.8) is 0 Å². The Morgan fingerprint density at radius 1 is 1.33 bits per heavy atom. The molecule has 1 aromatic heterocycles. The Bertz CT molecular complexity index is 827. The summed E-state index contributed by atoms with van der Waals surface area (Å²) in [6.07, 6.45) is 0. The molecule has 0 unspecified atom stereocenters. The zero-order valence-electron chi connectivity index (χ0n) is 13.0. The van der Waals surface area contributed by atoms with Crippen LogP contribution in [0.3, 0.4) is 0 Å². The Morgan fingerprint density at radius 2 is 2.04 bits per heavy atom. The standard InChI is InChI=1S/C14H16ClFN4O3S/c1-8-13(9(2)20-19-8)24(22,23)18-7-6-17-14(21)12-10(15)4-3-5-11(12)16/h3-5,18H,6-7H2,1-2H3,(H,17,21)(H,19,20). The second-order valence-corrected chi connectivity index (χ2v) is 7.12. The fourth-order valence-corrected chi connectivity index (χ4v) is 3.82. The van der Waals surface area contributed by atoms with E-state index >= 15 is 0 Å². The molecule has 2 rings (SSSR count). The smallest absolute Gasteiger partial charge is 0.255 e. The number of hydrogen-bond donors (Lipinski definition) is 3. The first-order chi connectivity index (χ1) is 11.2. The summed E-state index contributed by atoms with van der Waals surface area (Å²) in [6.45, 7) is 3.07. The van der Waals surface area contributed by atoms with Crippen molar-refractivity contribution >= 4 is 27.5 Å². The molecule has 1 amide bonds. The number of aromatic amines is 1. The van der Waals surface area contributed by atoms with Gasteiger partial charge in [0.15, 0.2) is 0 Å². The molecule has 0 spiro atoms. The molecule has 0 aliphatic rings. The number of aromatic nitrogens is 2. The first-order valence-electron chi connectivity index (χ1n) is 6.97. The van der Waals surface area contributed by atoms with Crippen LogP contribution in [0.4, 0.5) is 4.39 Å². The van der Waals surface area contributed by atoms with E-state index in [2.05, 4.69) is 20.2 Å². The minimum atomic E-state index is -3.75. The molecule has 10 heteroatoms. The summed E-state index contributed by atoms with van der Waals surface area (Å²) in [5, 5.41) is 8.82. The van der Waals surface area contributed by atoms with Crippen LogP contribution in [0.5, 0.6) is 0 Å². The fourth-order valence-electron chi connectivity index (χ4n) is 2.17. The van der Waals surface area contributed by atoms with E-state index in [0.717, 1.165) is 6.07 Å². The van der Waals surface area contributed by atoms with Gasteiger partial charge < -0.3 is 5.32 Å². The van der Waals surface area contributed by atoms with Crippen LogP contribution in [-0.4, -0.2) is 37.6 Å². The Kier molecular flexibility index (Phi) is 5.58. The molecule has 0 bridgehead atoms. The lowest BCUT2D eigenvalue weighted by Gasteiger charge is -2.09. The number of H-pyrrole nitrogens is 1. The highest BCUT2D eigenvalue weighted by Gasteiger charge is 2.22. The summed E-state index contributed by atoms with van der Waals surface area (Å²) in [6, 6.07) is 3.90. The van der Waals surface area contributed by atoms with E-state index in [1.54, 1.807) is 13.8 Å². The van der Waals surface area contributed by atoms with Crippen LogP contribution in [0.15, 0.2) is 23.1 Å². The molecule has 0 aliphatic heterocycles. The maximum atomic E-state index is 13.6. The molecule has 24 heavy (non-hydrogen) atoms.